The van der Waals surface area contributed by atoms with Crippen molar-refractivity contribution in [2.24, 2.45) is 0 Å². The van der Waals surface area contributed by atoms with E-state index in [4.69, 9.17) is 0 Å². The first-order valence-corrected chi connectivity index (χ1v) is 4.90. The van der Waals surface area contributed by atoms with Gasteiger partial charge in [-0.2, -0.15) is 5.10 Å². The van der Waals surface area contributed by atoms with Crippen molar-refractivity contribution in [1.29, 1.82) is 0 Å². The fourth-order valence-electron chi connectivity index (χ4n) is 1.07. The molecule has 0 aliphatic heterocycles. The molecule has 0 fully saturated rings. The van der Waals surface area contributed by atoms with E-state index >= 15 is 0 Å². The summed E-state index contributed by atoms with van der Waals surface area (Å²) in [4.78, 5) is 15.1. The number of halogens is 1. The minimum atomic E-state index is -0.533. The van der Waals surface area contributed by atoms with Gasteiger partial charge in [0.05, 0.1) is 5.56 Å². The highest BCUT2D eigenvalue weighted by atomic mass is 32.2. The molecule has 0 amide bonds. The monoisotopic (exact) mass is 223 g/mol. The van der Waals surface area contributed by atoms with Gasteiger partial charge < -0.3 is 0 Å². The first-order chi connectivity index (χ1) is 7.31. The van der Waals surface area contributed by atoms with E-state index in [-0.39, 0.29) is 5.56 Å². The predicted octanol–water partition coefficient (Wildman–Crippen LogP) is 1.91. The lowest BCUT2D eigenvalue weighted by Gasteiger charge is -2.01. The Morgan fingerprint density at radius 3 is 3.00 bits per heavy atom. The van der Waals surface area contributed by atoms with Gasteiger partial charge in [0.2, 0.25) is 0 Å². The maximum absolute atomic E-state index is 13.2. The number of nitrogens with one attached hydrogen (secondary N) is 1. The number of hydrogen-bond donors (Lipinski definition) is 1. The van der Waals surface area contributed by atoms with Crippen LogP contribution in [0.2, 0.25) is 0 Å². The lowest BCUT2D eigenvalue weighted by Crippen LogP contribution is -1.91. The van der Waals surface area contributed by atoms with Crippen molar-refractivity contribution >= 4 is 18.0 Å². The molecule has 1 heterocycles. The topological polar surface area (TPSA) is 58.6 Å². The molecule has 2 aromatic rings. The summed E-state index contributed by atoms with van der Waals surface area (Å²) >= 11 is 1.16. The third kappa shape index (κ3) is 2.04. The van der Waals surface area contributed by atoms with Crippen molar-refractivity contribution in [3.05, 3.63) is 35.9 Å². The van der Waals surface area contributed by atoms with Crippen molar-refractivity contribution in [2.75, 3.05) is 0 Å². The highest BCUT2D eigenvalue weighted by molar-refractivity contribution is 7.99. The average molecular weight is 223 g/mol. The van der Waals surface area contributed by atoms with E-state index in [9.17, 15) is 9.18 Å². The summed E-state index contributed by atoms with van der Waals surface area (Å²) in [5, 5.41) is 6.79. The number of aromatic amines is 1. The van der Waals surface area contributed by atoms with Crippen LogP contribution in [0.15, 0.2) is 34.6 Å². The zero-order valence-electron chi connectivity index (χ0n) is 7.48. The van der Waals surface area contributed by atoms with E-state index < -0.39 is 5.82 Å². The molecule has 0 spiro atoms. The van der Waals surface area contributed by atoms with Crippen molar-refractivity contribution in [2.45, 2.75) is 10.1 Å². The molecule has 6 heteroatoms. The van der Waals surface area contributed by atoms with E-state index in [1.807, 2.05) is 0 Å². The molecule has 0 radical (unpaired) electrons. The molecule has 0 unspecified atom stereocenters. The lowest BCUT2D eigenvalue weighted by atomic mass is 10.2. The Bertz CT molecular complexity index is 472. The molecule has 1 aromatic carbocycles. The molecule has 4 nitrogen and oxygen atoms in total. The molecule has 1 N–H and O–H groups in total. The normalized spacial score (nSPS) is 10.2. The highest BCUT2D eigenvalue weighted by Gasteiger charge is 2.09. The second-order valence-electron chi connectivity index (χ2n) is 2.66. The van der Waals surface area contributed by atoms with Crippen LogP contribution >= 0.6 is 11.8 Å². The van der Waals surface area contributed by atoms with Crippen LogP contribution in [0.3, 0.4) is 0 Å². The summed E-state index contributed by atoms with van der Waals surface area (Å²) in [7, 11) is 0. The van der Waals surface area contributed by atoms with Gasteiger partial charge in [0.1, 0.15) is 12.1 Å². The van der Waals surface area contributed by atoms with Gasteiger partial charge in [-0.3, -0.25) is 9.89 Å². The Morgan fingerprint density at radius 2 is 2.33 bits per heavy atom. The van der Waals surface area contributed by atoms with Gasteiger partial charge in [0, 0.05) is 4.90 Å². The minimum absolute atomic E-state index is 0.0406. The highest BCUT2D eigenvalue weighted by Crippen LogP contribution is 2.27. The third-order valence-electron chi connectivity index (χ3n) is 1.73. The number of carbonyl (C=O) groups is 1. The van der Waals surface area contributed by atoms with Crippen LogP contribution in [0.4, 0.5) is 4.39 Å². The second kappa shape index (κ2) is 4.22. The predicted molar refractivity (Wildman–Crippen MR) is 52.3 cm³/mol. The van der Waals surface area contributed by atoms with Crippen LogP contribution in [0, 0.1) is 5.82 Å². The minimum Gasteiger partial charge on any atom is -0.298 e. The lowest BCUT2D eigenvalue weighted by molar-refractivity contribution is 0.111. The largest absolute Gasteiger partial charge is 0.298 e. The zero-order valence-corrected chi connectivity index (χ0v) is 8.29. The average Bonchev–Trinajstić information content (AvgIpc) is 2.71. The Morgan fingerprint density at radius 1 is 1.47 bits per heavy atom. The molecule has 0 saturated carbocycles. The van der Waals surface area contributed by atoms with Gasteiger partial charge in [0.25, 0.3) is 0 Å². The van der Waals surface area contributed by atoms with Crippen molar-refractivity contribution in [1.82, 2.24) is 15.2 Å². The number of nitrogens with zero attached hydrogens (tertiary/aromatic N) is 2. The van der Waals surface area contributed by atoms with Gasteiger partial charge in [-0.15, -0.1) is 0 Å². The molecule has 0 bridgehead atoms. The van der Waals surface area contributed by atoms with E-state index in [0.717, 1.165) is 11.8 Å². The number of H-pyrrole nitrogens is 1. The van der Waals surface area contributed by atoms with Crippen molar-refractivity contribution < 1.29 is 9.18 Å². The molecule has 1 aromatic heterocycles. The molecule has 0 saturated heterocycles. The summed E-state index contributed by atoms with van der Waals surface area (Å²) in [6, 6.07) is 4.44. The van der Waals surface area contributed by atoms with Gasteiger partial charge in [-0.1, -0.05) is 6.07 Å². The first kappa shape index (κ1) is 9.85. The Balaban J connectivity index is 2.36. The van der Waals surface area contributed by atoms with Gasteiger partial charge in [0.15, 0.2) is 11.4 Å². The van der Waals surface area contributed by atoms with Crippen LogP contribution < -0.4 is 0 Å². The summed E-state index contributed by atoms with van der Waals surface area (Å²) in [5.74, 6) is -0.533. The maximum Gasteiger partial charge on any atom is 0.188 e. The third-order valence-corrected chi connectivity index (χ3v) is 2.70. The van der Waals surface area contributed by atoms with E-state index in [1.54, 1.807) is 12.1 Å². The summed E-state index contributed by atoms with van der Waals surface area (Å²) in [6.07, 6.45) is 1.84. The van der Waals surface area contributed by atoms with Crippen LogP contribution in [-0.4, -0.2) is 21.5 Å². The smallest absolute Gasteiger partial charge is 0.188 e. The quantitative estimate of drug-likeness (QED) is 0.807. The number of rotatable bonds is 3. The Kier molecular flexibility index (Phi) is 2.77. The summed E-state index contributed by atoms with van der Waals surface area (Å²) in [5.41, 5.74) is 0.0406. The van der Waals surface area contributed by atoms with E-state index in [2.05, 4.69) is 15.2 Å². The first-order valence-electron chi connectivity index (χ1n) is 4.08. The number of hydrogen-bond acceptors (Lipinski definition) is 4. The molecular weight excluding hydrogens is 217 g/mol. The van der Waals surface area contributed by atoms with Crippen LogP contribution in [0.5, 0.6) is 0 Å². The SMILES string of the molecule is O=Cc1c(F)cccc1Sc1ncn[nH]1. The molecule has 76 valence electrons. The summed E-state index contributed by atoms with van der Waals surface area (Å²) in [6.45, 7) is 0. The van der Waals surface area contributed by atoms with Crippen molar-refractivity contribution in [3.8, 4) is 0 Å². The van der Waals surface area contributed by atoms with Crippen LogP contribution in [-0.2, 0) is 0 Å². The molecule has 0 aliphatic carbocycles. The van der Waals surface area contributed by atoms with E-state index in [1.165, 1.54) is 12.4 Å². The molecule has 2 rings (SSSR count). The van der Waals surface area contributed by atoms with Crippen molar-refractivity contribution in [3.63, 3.8) is 0 Å². The maximum atomic E-state index is 13.2. The molecule has 15 heavy (non-hydrogen) atoms. The molecule has 0 aliphatic rings. The van der Waals surface area contributed by atoms with Gasteiger partial charge in [-0.05, 0) is 23.9 Å². The number of aromatic nitrogens is 3. The fraction of sp³-hybridized carbons (Fsp3) is 0. The molecule has 0 atom stereocenters. The summed E-state index contributed by atoms with van der Waals surface area (Å²) < 4.78 is 13.2. The number of aldehydes is 1. The van der Waals surface area contributed by atoms with E-state index in [0.29, 0.717) is 16.3 Å². The van der Waals surface area contributed by atoms with Gasteiger partial charge in [-0.25, -0.2) is 9.37 Å². The van der Waals surface area contributed by atoms with Gasteiger partial charge >= 0.3 is 0 Å². The van der Waals surface area contributed by atoms with Crippen LogP contribution in [0.25, 0.3) is 0 Å². The molecular formula is C9H6FN3OS. The number of carbonyl (C=O) groups excluding carboxylic acids is 1. The Hall–Kier alpha value is -1.69. The number of benzene rings is 1. The fourth-order valence-corrected chi connectivity index (χ4v) is 1.88. The zero-order chi connectivity index (χ0) is 10.7. The standard InChI is InChI=1S/C9H6FN3OS/c10-7-2-1-3-8(6(7)4-14)15-9-11-5-12-13-9/h1-5H,(H,11,12,13). The second-order valence-corrected chi connectivity index (χ2v) is 3.69. The Labute approximate surface area is 88.9 Å². The van der Waals surface area contributed by atoms with Crippen LogP contribution in [0.1, 0.15) is 10.4 Å².